The summed E-state index contributed by atoms with van der Waals surface area (Å²) in [6, 6.07) is 6.12. The molecule has 0 unspecified atom stereocenters. The minimum Gasteiger partial charge on any atom is -0.337 e. The number of halogens is 4. The highest BCUT2D eigenvalue weighted by atomic mass is 79.9. The zero-order valence-electron chi connectivity index (χ0n) is 8.35. The second-order valence-electron chi connectivity index (χ2n) is 3.23. The molecule has 6 heteroatoms. The van der Waals surface area contributed by atoms with Gasteiger partial charge in [-0.15, -0.1) is 0 Å². The maximum Gasteiger partial charge on any atom is 0.146 e. The Morgan fingerprint density at radius 3 is 2.71 bits per heavy atom. The van der Waals surface area contributed by atoms with E-state index in [1.165, 1.54) is 18.2 Å². The molecule has 0 spiro atoms. The summed E-state index contributed by atoms with van der Waals surface area (Å²) in [7, 11) is 0. The van der Waals surface area contributed by atoms with Gasteiger partial charge in [0.15, 0.2) is 0 Å². The Hall–Kier alpha value is -0.650. The van der Waals surface area contributed by atoms with E-state index in [1.807, 2.05) is 6.07 Å². The summed E-state index contributed by atoms with van der Waals surface area (Å²) in [6.07, 6.45) is 1.62. The van der Waals surface area contributed by atoms with Crippen molar-refractivity contribution in [3.05, 3.63) is 50.2 Å². The molecule has 1 N–H and O–H groups in total. The first-order valence-corrected chi connectivity index (χ1v) is 6.56. The zero-order valence-corrected chi connectivity index (χ0v) is 12.3. The first-order chi connectivity index (χ1) is 8.06. The fourth-order valence-electron chi connectivity index (χ4n) is 1.23. The van der Waals surface area contributed by atoms with Gasteiger partial charge in [0.05, 0.1) is 10.2 Å². The van der Waals surface area contributed by atoms with Gasteiger partial charge in [0.1, 0.15) is 11.6 Å². The predicted molar refractivity (Wildman–Crippen MR) is 74.3 cm³/mol. The summed E-state index contributed by atoms with van der Waals surface area (Å²) < 4.78 is 15.1. The number of benzene rings is 1. The van der Waals surface area contributed by atoms with Crippen LogP contribution in [0.3, 0.4) is 0 Å². The number of aromatic nitrogens is 1. The number of nitrogens with zero attached hydrogens (tertiary/aromatic N) is 1. The molecule has 0 amide bonds. The molecule has 0 aliphatic heterocycles. The van der Waals surface area contributed by atoms with Gasteiger partial charge in [-0.1, -0.05) is 11.6 Å². The van der Waals surface area contributed by atoms with Crippen molar-refractivity contribution in [3.8, 4) is 0 Å². The van der Waals surface area contributed by atoms with E-state index in [9.17, 15) is 4.39 Å². The first-order valence-electron chi connectivity index (χ1n) is 4.59. The van der Waals surface area contributed by atoms with Crippen LogP contribution < -0.4 is 5.32 Å². The standard InChI is InChI=1S/C11H6Br2ClFN2/c12-6-3-8(13)11(16-5-6)17-10-4-7(14)1-2-9(10)15/h1-5H,(H,16,17). The highest BCUT2D eigenvalue weighted by Crippen LogP contribution is 2.28. The third kappa shape index (κ3) is 3.18. The van der Waals surface area contributed by atoms with Gasteiger partial charge in [0, 0.05) is 15.7 Å². The SMILES string of the molecule is Fc1ccc(Cl)cc1Nc1ncc(Br)cc1Br. The predicted octanol–water partition coefficient (Wildman–Crippen LogP) is 5.14. The highest BCUT2D eigenvalue weighted by molar-refractivity contribution is 9.11. The molecular formula is C11H6Br2ClFN2. The Morgan fingerprint density at radius 1 is 1.24 bits per heavy atom. The monoisotopic (exact) mass is 378 g/mol. The van der Waals surface area contributed by atoms with Crippen molar-refractivity contribution in [2.24, 2.45) is 0 Å². The molecule has 2 nitrogen and oxygen atoms in total. The van der Waals surface area contributed by atoms with Crippen molar-refractivity contribution >= 4 is 55.0 Å². The minimum absolute atomic E-state index is 0.285. The van der Waals surface area contributed by atoms with Gasteiger partial charge >= 0.3 is 0 Å². The molecule has 0 bridgehead atoms. The molecule has 0 radical (unpaired) electrons. The molecule has 0 fully saturated rings. The van der Waals surface area contributed by atoms with E-state index in [4.69, 9.17) is 11.6 Å². The average molecular weight is 380 g/mol. The Morgan fingerprint density at radius 2 is 2.00 bits per heavy atom. The Labute approximate surface area is 119 Å². The van der Waals surface area contributed by atoms with Crippen molar-refractivity contribution in [1.82, 2.24) is 4.98 Å². The first kappa shape index (κ1) is 12.8. The lowest BCUT2D eigenvalue weighted by atomic mass is 10.3. The van der Waals surface area contributed by atoms with Crippen molar-refractivity contribution in [1.29, 1.82) is 0 Å². The van der Waals surface area contributed by atoms with Crippen LogP contribution in [0.5, 0.6) is 0 Å². The number of hydrogen-bond donors (Lipinski definition) is 1. The lowest BCUT2D eigenvalue weighted by molar-refractivity contribution is 0.632. The van der Waals surface area contributed by atoms with E-state index in [-0.39, 0.29) is 11.5 Å². The normalized spacial score (nSPS) is 10.4. The number of hydrogen-bond acceptors (Lipinski definition) is 2. The smallest absolute Gasteiger partial charge is 0.146 e. The summed E-state index contributed by atoms with van der Waals surface area (Å²) in [6.45, 7) is 0. The molecule has 0 aliphatic carbocycles. The van der Waals surface area contributed by atoms with Crippen LogP contribution in [0, 0.1) is 5.82 Å². The quantitative estimate of drug-likeness (QED) is 0.780. The van der Waals surface area contributed by atoms with Crippen LogP contribution >= 0.6 is 43.5 Å². The van der Waals surface area contributed by atoms with Gasteiger partial charge in [-0.3, -0.25) is 0 Å². The minimum atomic E-state index is -0.383. The number of rotatable bonds is 2. The van der Waals surface area contributed by atoms with Crippen LogP contribution in [0.2, 0.25) is 5.02 Å². The summed E-state index contributed by atoms with van der Waals surface area (Å²) in [5.74, 6) is 0.139. The van der Waals surface area contributed by atoms with Crippen LogP contribution in [-0.2, 0) is 0 Å². The van der Waals surface area contributed by atoms with E-state index >= 15 is 0 Å². The maximum absolute atomic E-state index is 13.5. The summed E-state index contributed by atoms with van der Waals surface area (Å²) in [5, 5.41) is 3.33. The van der Waals surface area contributed by atoms with Crippen LogP contribution in [0.25, 0.3) is 0 Å². The highest BCUT2D eigenvalue weighted by Gasteiger charge is 2.07. The molecule has 1 aromatic carbocycles. The Balaban J connectivity index is 2.34. The van der Waals surface area contributed by atoms with Crippen LogP contribution in [0.4, 0.5) is 15.9 Å². The maximum atomic E-state index is 13.5. The van der Waals surface area contributed by atoms with E-state index in [0.29, 0.717) is 10.8 Å². The van der Waals surface area contributed by atoms with Gasteiger partial charge < -0.3 is 5.32 Å². The third-order valence-electron chi connectivity index (χ3n) is 1.99. The van der Waals surface area contributed by atoms with Crippen LogP contribution in [-0.4, -0.2) is 4.98 Å². The molecule has 0 saturated heterocycles. The van der Waals surface area contributed by atoms with E-state index < -0.39 is 0 Å². The molecule has 0 saturated carbocycles. The lowest BCUT2D eigenvalue weighted by Gasteiger charge is -2.09. The van der Waals surface area contributed by atoms with E-state index in [0.717, 1.165) is 8.95 Å². The lowest BCUT2D eigenvalue weighted by Crippen LogP contribution is -1.97. The summed E-state index contributed by atoms with van der Waals surface area (Å²) in [4.78, 5) is 4.13. The van der Waals surface area contributed by atoms with Crippen LogP contribution in [0.15, 0.2) is 39.4 Å². The molecular weight excluding hydrogens is 374 g/mol. The van der Waals surface area contributed by atoms with Crippen molar-refractivity contribution in [3.63, 3.8) is 0 Å². The summed E-state index contributed by atoms with van der Waals surface area (Å²) in [5.41, 5.74) is 0.285. The van der Waals surface area contributed by atoms with Crippen LogP contribution in [0.1, 0.15) is 0 Å². The molecule has 1 heterocycles. The van der Waals surface area contributed by atoms with Gasteiger partial charge in [0.25, 0.3) is 0 Å². The fourth-order valence-corrected chi connectivity index (χ4v) is 2.49. The zero-order chi connectivity index (χ0) is 12.4. The largest absolute Gasteiger partial charge is 0.337 e. The Bertz CT molecular complexity index is 563. The van der Waals surface area contributed by atoms with Crippen molar-refractivity contribution in [2.75, 3.05) is 5.32 Å². The van der Waals surface area contributed by atoms with E-state index in [2.05, 4.69) is 42.2 Å². The second kappa shape index (κ2) is 5.33. The topological polar surface area (TPSA) is 24.9 Å². The number of anilines is 2. The molecule has 0 aliphatic rings. The molecule has 0 atom stereocenters. The molecule has 2 rings (SSSR count). The Kier molecular flexibility index (Phi) is 4.01. The third-order valence-corrected chi connectivity index (χ3v) is 3.26. The average Bonchev–Trinajstić information content (AvgIpc) is 2.27. The summed E-state index contributed by atoms with van der Waals surface area (Å²) >= 11 is 12.4. The molecule has 2 aromatic rings. The van der Waals surface area contributed by atoms with Crippen molar-refractivity contribution < 1.29 is 4.39 Å². The number of pyridine rings is 1. The molecule has 1 aromatic heterocycles. The fraction of sp³-hybridized carbons (Fsp3) is 0. The van der Waals surface area contributed by atoms with Crippen molar-refractivity contribution in [2.45, 2.75) is 0 Å². The van der Waals surface area contributed by atoms with Gasteiger partial charge in [-0.25, -0.2) is 9.37 Å². The van der Waals surface area contributed by atoms with Gasteiger partial charge in [-0.05, 0) is 56.1 Å². The number of nitrogens with one attached hydrogen (secondary N) is 1. The van der Waals surface area contributed by atoms with E-state index in [1.54, 1.807) is 6.20 Å². The second-order valence-corrected chi connectivity index (χ2v) is 5.44. The van der Waals surface area contributed by atoms with Gasteiger partial charge in [0.2, 0.25) is 0 Å². The van der Waals surface area contributed by atoms with Gasteiger partial charge in [-0.2, -0.15) is 0 Å². The molecule has 17 heavy (non-hydrogen) atoms. The molecule has 88 valence electrons.